The van der Waals surface area contributed by atoms with Crippen molar-refractivity contribution in [1.82, 2.24) is 10.2 Å². The van der Waals surface area contributed by atoms with Crippen LogP contribution in [0.3, 0.4) is 0 Å². The molecule has 2 bridgehead atoms. The van der Waals surface area contributed by atoms with Crippen LogP contribution in [0.25, 0.3) is 0 Å². The van der Waals surface area contributed by atoms with E-state index in [1.807, 2.05) is 42.3 Å². The van der Waals surface area contributed by atoms with Gasteiger partial charge in [0.25, 0.3) is 0 Å². The summed E-state index contributed by atoms with van der Waals surface area (Å²) in [6.45, 7) is 2.02. The molecule has 4 nitrogen and oxygen atoms in total. The fraction of sp³-hybridized carbons (Fsp3) is 0.562. The van der Waals surface area contributed by atoms with E-state index in [9.17, 15) is 4.79 Å². The van der Waals surface area contributed by atoms with Gasteiger partial charge in [-0.3, -0.25) is 0 Å². The number of amides is 1. The highest BCUT2D eigenvalue weighted by Crippen LogP contribution is 2.36. The molecule has 1 aliphatic heterocycles. The molecular formula is C16H22N2O2. The fourth-order valence-corrected chi connectivity index (χ4v) is 3.65. The number of benzene rings is 1. The van der Waals surface area contributed by atoms with E-state index in [0.29, 0.717) is 24.5 Å². The van der Waals surface area contributed by atoms with Gasteiger partial charge in [0.1, 0.15) is 6.61 Å². The predicted molar refractivity (Wildman–Crippen MR) is 77.3 cm³/mol. The number of hydrogen-bond donors (Lipinski definition) is 1. The number of hydrogen-bond acceptors (Lipinski definition) is 3. The topological polar surface area (TPSA) is 41.6 Å². The minimum atomic E-state index is -0.166. The van der Waals surface area contributed by atoms with E-state index in [4.69, 9.17) is 4.74 Å². The Morgan fingerprint density at radius 1 is 1.25 bits per heavy atom. The first-order valence-electron chi connectivity index (χ1n) is 7.41. The summed E-state index contributed by atoms with van der Waals surface area (Å²) in [5.74, 6) is 1.17. The predicted octanol–water partition coefficient (Wildman–Crippen LogP) is 2.25. The Morgan fingerprint density at radius 3 is 2.50 bits per heavy atom. The van der Waals surface area contributed by atoms with Crippen LogP contribution >= 0.6 is 0 Å². The molecule has 1 heterocycles. The standard InChI is InChI=1S/C16H22N2O2/c1-17-15-13-7-8-14(15)10-18(9-13)16(19)20-11-12-5-3-2-4-6-12/h2-6,13-15,17H,7-11H2,1H3/t13-,14+,15?. The first-order chi connectivity index (χ1) is 9.78. The van der Waals surface area contributed by atoms with Crippen molar-refractivity contribution in [2.75, 3.05) is 20.1 Å². The second-order valence-corrected chi connectivity index (χ2v) is 5.86. The Balaban J connectivity index is 1.54. The molecule has 2 aliphatic rings. The number of piperidine rings is 1. The third-order valence-electron chi connectivity index (χ3n) is 4.63. The summed E-state index contributed by atoms with van der Waals surface area (Å²) in [7, 11) is 2.03. The Hall–Kier alpha value is -1.55. The van der Waals surface area contributed by atoms with E-state index in [0.717, 1.165) is 18.7 Å². The largest absolute Gasteiger partial charge is 0.445 e. The van der Waals surface area contributed by atoms with E-state index < -0.39 is 0 Å². The maximum atomic E-state index is 12.2. The molecule has 0 spiro atoms. The minimum Gasteiger partial charge on any atom is -0.445 e. The van der Waals surface area contributed by atoms with E-state index in [1.165, 1.54) is 12.8 Å². The number of rotatable bonds is 3. The van der Waals surface area contributed by atoms with E-state index in [-0.39, 0.29) is 6.09 Å². The van der Waals surface area contributed by atoms with Crippen molar-refractivity contribution >= 4 is 6.09 Å². The van der Waals surface area contributed by atoms with Crippen LogP contribution in [-0.4, -0.2) is 37.2 Å². The quantitative estimate of drug-likeness (QED) is 0.919. The van der Waals surface area contributed by atoms with Gasteiger partial charge in [0.2, 0.25) is 0 Å². The Morgan fingerprint density at radius 2 is 1.90 bits per heavy atom. The molecule has 1 N–H and O–H groups in total. The van der Waals surface area contributed by atoms with Crippen LogP contribution in [-0.2, 0) is 11.3 Å². The molecule has 108 valence electrons. The number of ether oxygens (including phenoxy) is 1. The maximum Gasteiger partial charge on any atom is 0.410 e. The number of likely N-dealkylation sites (tertiary alicyclic amines) is 1. The zero-order valence-electron chi connectivity index (χ0n) is 11.9. The van der Waals surface area contributed by atoms with Crippen LogP contribution in [0.1, 0.15) is 18.4 Å². The summed E-state index contributed by atoms with van der Waals surface area (Å²) >= 11 is 0. The molecule has 1 aliphatic carbocycles. The molecule has 20 heavy (non-hydrogen) atoms. The van der Waals surface area contributed by atoms with Gasteiger partial charge >= 0.3 is 6.09 Å². The van der Waals surface area contributed by atoms with Gasteiger partial charge in [-0.2, -0.15) is 0 Å². The molecule has 3 rings (SSSR count). The summed E-state index contributed by atoms with van der Waals surface area (Å²) in [6, 6.07) is 10.4. The highest BCUT2D eigenvalue weighted by molar-refractivity contribution is 5.68. The zero-order chi connectivity index (χ0) is 13.9. The summed E-state index contributed by atoms with van der Waals surface area (Å²) in [6.07, 6.45) is 2.28. The van der Waals surface area contributed by atoms with Crippen molar-refractivity contribution in [2.45, 2.75) is 25.5 Å². The number of fused-ring (bicyclic) bond motifs is 2. The zero-order valence-corrected chi connectivity index (χ0v) is 11.9. The number of nitrogens with zero attached hydrogens (tertiary/aromatic N) is 1. The number of carbonyl (C=O) groups is 1. The molecule has 1 aromatic carbocycles. The monoisotopic (exact) mass is 274 g/mol. The van der Waals surface area contributed by atoms with Crippen LogP contribution in [0.5, 0.6) is 0 Å². The molecule has 2 fully saturated rings. The first kappa shape index (κ1) is 13.4. The molecule has 0 aromatic heterocycles. The second kappa shape index (κ2) is 5.83. The third kappa shape index (κ3) is 2.66. The van der Waals surface area contributed by atoms with Gasteiger partial charge < -0.3 is 15.0 Å². The molecule has 1 unspecified atom stereocenters. The Labute approximate surface area is 120 Å². The molecule has 1 saturated carbocycles. The van der Waals surface area contributed by atoms with Crippen molar-refractivity contribution in [3.63, 3.8) is 0 Å². The minimum absolute atomic E-state index is 0.166. The molecule has 3 atom stereocenters. The van der Waals surface area contributed by atoms with Gasteiger partial charge in [-0.1, -0.05) is 30.3 Å². The van der Waals surface area contributed by atoms with Gasteiger partial charge in [0.05, 0.1) is 0 Å². The maximum absolute atomic E-state index is 12.2. The summed E-state index contributed by atoms with van der Waals surface area (Å²) in [5.41, 5.74) is 1.04. The Bertz CT molecular complexity index is 449. The van der Waals surface area contributed by atoms with Crippen molar-refractivity contribution in [2.24, 2.45) is 11.8 Å². The van der Waals surface area contributed by atoms with Crippen LogP contribution in [0, 0.1) is 11.8 Å². The lowest BCUT2D eigenvalue weighted by Gasteiger charge is -2.37. The van der Waals surface area contributed by atoms with Gasteiger partial charge in [0, 0.05) is 19.1 Å². The van der Waals surface area contributed by atoms with Crippen molar-refractivity contribution in [1.29, 1.82) is 0 Å². The molecule has 4 heteroatoms. The average molecular weight is 274 g/mol. The second-order valence-electron chi connectivity index (χ2n) is 5.86. The smallest absolute Gasteiger partial charge is 0.410 e. The van der Waals surface area contributed by atoms with Crippen molar-refractivity contribution in [3.05, 3.63) is 35.9 Å². The lowest BCUT2D eigenvalue weighted by Crippen LogP contribution is -2.51. The summed E-state index contributed by atoms with van der Waals surface area (Å²) in [4.78, 5) is 14.1. The Kier molecular flexibility index (Phi) is 3.92. The van der Waals surface area contributed by atoms with Gasteiger partial charge in [0.15, 0.2) is 0 Å². The molecule has 0 radical (unpaired) electrons. The normalized spacial score (nSPS) is 28.4. The summed E-state index contributed by atoms with van der Waals surface area (Å²) < 4.78 is 5.43. The fourth-order valence-electron chi connectivity index (χ4n) is 3.65. The number of carbonyl (C=O) groups excluding carboxylic acids is 1. The van der Waals surface area contributed by atoms with E-state index in [1.54, 1.807) is 0 Å². The van der Waals surface area contributed by atoms with Crippen LogP contribution in [0.15, 0.2) is 30.3 Å². The van der Waals surface area contributed by atoms with E-state index >= 15 is 0 Å². The van der Waals surface area contributed by atoms with E-state index in [2.05, 4.69) is 5.32 Å². The van der Waals surface area contributed by atoms with Crippen LogP contribution < -0.4 is 5.32 Å². The molecule has 1 saturated heterocycles. The van der Waals surface area contributed by atoms with Gasteiger partial charge in [-0.15, -0.1) is 0 Å². The highest BCUT2D eigenvalue weighted by atomic mass is 16.6. The lowest BCUT2D eigenvalue weighted by atomic mass is 9.93. The number of nitrogens with one attached hydrogen (secondary N) is 1. The lowest BCUT2D eigenvalue weighted by molar-refractivity contribution is 0.0685. The first-order valence-corrected chi connectivity index (χ1v) is 7.41. The summed E-state index contributed by atoms with van der Waals surface area (Å²) in [5, 5.41) is 3.40. The van der Waals surface area contributed by atoms with Crippen LogP contribution in [0.4, 0.5) is 4.79 Å². The van der Waals surface area contributed by atoms with Gasteiger partial charge in [-0.25, -0.2) is 4.79 Å². The third-order valence-corrected chi connectivity index (χ3v) is 4.63. The molecular weight excluding hydrogens is 252 g/mol. The highest BCUT2D eigenvalue weighted by Gasteiger charge is 2.42. The van der Waals surface area contributed by atoms with Gasteiger partial charge in [-0.05, 0) is 37.3 Å². The average Bonchev–Trinajstić information content (AvgIpc) is 2.74. The molecule has 1 aromatic rings. The SMILES string of the molecule is CNC1[C@@H]2CC[C@H]1CN(C(=O)OCc1ccccc1)C2. The van der Waals surface area contributed by atoms with Crippen molar-refractivity contribution < 1.29 is 9.53 Å². The molecule has 1 amide bonds. The van der Waals surface area contributed by atoms with Crippen LogP contribution in [0.2, 0.25) is 0 Å². The van der Waals surface area contributed by atoms with Crippen molar-refractivity contribution in [3.8, 4) is 0 Å².